The normalized spacial score (nSPS) is 10.6. The average Bonchev–Trinajstić information content (AvgIpc) is 2.61. The molecule has 7 nitrogen and oxygen atoms in total. The first-order valence-corrected chi connectivity index (χ1v) is 8.28. The van der Waals surface area contributed by atoms with Crippen LogP contribution in [0, 0.1) is 6.92 Å². The van der Waals surface area contributed by atoms with Crippen molar-refractivity contribution in [3.63, 3.8) is 0 Å². The van der Waals surface area contributed by atoms with E-state index in [-0.39, 0.29) is 12.2 Å². The van der Waals surface area contributed by atoms with E-state index in [2.05, 4.69) is 5.32 Å². The number of anilines is 1. The van der Waals surface area contributed by atoms with Crippen LogP contribution in [0.3, 0.4) is 0 Å². The van der Waals surface area contributed by atoms with Gasteiger partial charge in [0.25, 0.3) is 0 Å². The van der Waals surface area contributed by atoms with Gasteiger partial charge in [0.2, 0.25) is 0 Å². The Bertz CT molecular complexity index is 1090. The fourth-order valence-electron chi connectivity index (χ4n) is 2.53. The molecule has 27 heavy (non-hydrogen) atoms. The first-order valence-electron chi connectivity index (χ1n) is 7.90. The summed E-state index contributed by atoms with van der Waals surface area (Å²) in [4.78, 5) is 34.8. The highest BCUT2D eigenvalue weighted by atomic mass is 35.5. The Morgan fingerprint density at radius 2 is 1.89 bits per heavy atom. The van der Waals surface area contributed by atoms with Crippen LogP contribution in [0.2, 0.25) is 5.02 Å². The Hall–Kier alpha value is -3.32. The number of carbonyl (C=O) groups is 2. The second-order valence-electron chi connectivity index (χ2n) is 5.83. The lowest BCUT2D eigenvalue weighted by Gasteiger charge is -2.09. The monoisotopic (exact) mass is 386 g/mol. The lowest BCUT2D eigenvalue weighted by Crippen LogP contribution is -2.19. The third-order valence-corrected chi connectivity index (χ3v) is 4.26. The summed E-state index contributed by atoms with van der Waals surface area (Å²) in [5.41, 5.74) is 6.85. The van der Waals surface area contributed by atoms with Gasteiger partial charge in [-0.15, -0.1) is 0 Å². The molecule has 1 heterocycles. The second kappa shape index (κ2) is 7.51. The van der Waals surface area contributed by atoms with Gasteiger partial charge in [-0.1, -0.05) is 11.6 Å². The Kier molecular flexibility index (Phi) is 5.14. The quantitative estimate of drug-likeness (QED) is 0.525. The molecule has 2 aromatic carbocycles. The predicted octanol–water partition coefficient (Wildman–Crippen LogP) is 3.60. The maximum atomic E-state index is 12.2. The lowest BCUT2D eigenvalue weighted by atomic mass is 10.1. The number of amides is 2. The first kappa shape index (κ1) is 18.5. The van der Waals surface area contributed by atoms with E-state index in [1.807, 2.05) is 0 Å². The van der Waals surface area contributed by atoms with Crippen LogP contribution in [0.15, 0.2) is 51.7 Å². The van der Waals surface area contributed by atoms with Crippen LogP contribution in [0.5, 0.6) is 0 Å². The van der Waals surface area contributed by atoms with Crippen LogP contribution in [-0.2, 0) is 11.3 Å². The van der Waals surface area contributed by atoms with E-state index in [4.69, 9.17) is 26.5 Å². The smallest absolute Gasteiger partial charge is 0.338 e. The van der Waals surface area contributed by atoms with E-state index >= 15 is 0 Å². The van der Waals surface area contributed by atoms with Gasteiger partial charge in [-0.05, 0) is 48.9 Å². The molecule has 3 N–H and O–H groups in total. The minimum atomic E-state index is -0.700. The third kappa shape index (κ3) is 4.27. The molecule has 0 radical (unpaired) electrons. The van der Waals surface area contributed by atoms with Crippen molar-refractivity contribution in [2.24, 2.45) is 5.73 Å². The molecule has 0 saturated heterocycles. The zero-order valence-electron chi connectivity index (χ0n) is 14.2. The van der Waals surface area contributed by atoms with Gasteiger partial charge in [0, 0.05) is 27.7 Å². The number of halogens is 1. The standard InChI is InChI=1S/C19H15ClN2O5/c1-10-6-16-14(8-15(10)20)12(7-17(23)27-16)9-26-18(24)11-2-4-13(5-3-11)22-19(21)25/h2-8H,9H2,1H3,(H3,21,22,25). The molecule has 8 heteroatoms. The zero-order chi connectivity index (χ0) is 19.6. The summed E-state index contributed by atoms with van der Waals surface area (Å²) in [6.45, 7) is 1.67. The Labute approximate surface area is 158 Å². The summed E-state index contributed by atoms with van der Waals surface area (Å²) in [6, 6.07) is 9.93. The molecule has 0 spiro atoms. The van der Waals surface area contributed by atoms with E-state index < -0.39 is 17.6 Å². The van der Waals surface area contributed by atoms with Crippen molar-refractivity contribution in [2.45, 2.75) is 13.5 Å². The van der Waals surface area contributed by atoms with Crippen LogP contribution in [-0.4, -0.2) is 12.0 Å². The molecule has 0 bridgehead atoms. The SMILES string of the molecule is Cc1cc2oc(=O)cc(COC(=O)c3ccc(NC(N)=O)cc3)c2cc1Cl. The summed E-state index contributed by atoms with van der Waals surface area (Å²) in [6.07, 6.45) is 0. The first-order chi connectivity index (χ1) is 12.8. The molecule has 0 aliphatic rings. The van der Waals surface area contributed by atoms with E-state index in [1.165, 1.54) is 30.3 Å². The largest absolute Gasteiger partial charge is 0.457 e. The Morgan fingerprint density at radius 3 is 2.56 bits per heavy atom. The number of aryl methyl sites for hydroxylation is 1. The summed E-state index contributed by atoms with van der Waals surface area (Å²) in [5.74, 6) is -0.583. The van der Waals surface area contributed by atoms with Gasteiger partial charge in [0.15, 0.2) is 0 Å². The molecule has 3 aromatic rings. The fourth-order valence-corrected chi connectivity index (χ4v) is 2.69. The predicted molar refractivity (Wildman–Crippen MR) is 101 cm³/mol. The molecule has 0 fully saturated rings. The van der Waals surface area contributed by atoms with E-state index in [1.54, 1.807) is 19.1 Å². The molecule has 1 aromatic heterocycles. The average molecular weight is 387 g/mol. The van der Waals surface area contributed by atoms with Gasteiger partial charge < -0.3 is 20.2 Å². The number of carbonyl (C=O) groups excluding carboxylic acids is 2. The second-order valence-corrected chi connectivity index (χ2v) is 6.24. The molecule has 3 rings (SSSR count). The highest BCUT2D eigenvalue weighted by molar-refractivity contribution is 6.32. The molecule has 0 aliphatic carbocycles. The number of ether oxygens (including phenoxy) is 1. The number of rotatable bonds is 4. The van der Waals surface area contributed by atoms with Gasteiger partial charge >= 0.3 is 17.6 Å². The maximum absolute atomic E-state index is 12.2. The van der Waals surface area contributed by atoms with Crippen LogP contribution in [0.4, 0.5) is 10.5 Å². The topological polar surface area (TPSA) is 112 Å². The Balaban J connectivity index is 1.80. The molecule has 2 amide bonds. The third-order valence-electron chi connectivity index (χ3n) is 3.86. The number of nitrogens with one attached hydrogen (secondary N) is 1. The van der Waals surface area contributed by atoms with Crippen molar-refractivity contribution < 1.29 is 18.7 Å². The van der Waals surface area contributed by atoms with Gasteiger partial charge in [-0.2, -0.15) is 0 Å². The van der Waals surface area contributed by atoms with Crippen molar-refractivity contribution in [3.05, 3.63) is 74.6 Å². The number of nitrogens with two attached hydrogens (primary N) is 1. The zero-order valence-corrected chi connectivity index (χ0v) is 15.0. The number of primary amides is 1. The molecule has 0 atom stereocenters. The highest BCUT2D eigenvalue weighted by Gasteiger charge is 2.12. The van der Waals surface area contributed by atoms with Crippen molar-refractivity contribution in [2.75, 3.05) is 5.32 Å². The molecular formula is C19H15ClN2O5. The van der Waals surface area contributed by atoms with Crippen LogP contribution in [0.1, 0.15) is 21.5 Å². The maximum Gasteiger partial charge on any atom is 0.338 e. The fraction of sp³-hybridized carbons (Fsp3) is 0.105. The molecule has 138 valence electrons. The number of esters is 1. The molecule has 0 saturated carbocycles. The van der Waals surface area contributed by atoms with Crippen LogP contribution < -0.4 is 16.7 Å². The molecule has 0 aliphatic heterocycles. The van der Waals surface area contributed by atoms with Gasteiger partial charge in [-0.3, -0.25) is 0 Å². The highest BCUT2D eigenvalue weighted by Crippen LogP contribution is 2.25. The lowest BCUT2D eigenvalue weighted by molar-refractivity contribution is 0.0474. The van der Waals surface area contributed by atoms with Gasteiger partial charge in [0.1, 0.15) is 12.2 Å². The number of benzene rings is 2. The number of hydrogen-bond donors (Lipinski definition) is 2. The summed E-state index contributed by atoms with van der Waals surface area (Å²) in [7, 11) is 0. The van der Waals surface area contributed by atoms with Crippen molar-refractivity contribution in [1.82, 2.24) is 0 Å². The van der Waals surface area contributed by atoms with E-state index in [0.717, 1.165) is 5.56 Å². The number of urea groups is 1. The van der Waals surface area contributed by atoms with Crippen LogP contribution in [0.25, 0.3) is 11.0 Å². The van der Waals surface area contributed by atoms with Gasteiger partial charge in [-0.25, -0.2) is 14.4 Å². The van der Waals surface area contributed by atoms with Gasteiger partial charge in [0.05, 0.1) is 5.56 Å². The minimum Gasteiger partial charge on any atom is -0.457 e. The summed E-state index contributed by atoms with van der Waals surface area (Å²) < 4.78 is 10.5. The van der Waals surface area contributed by atoms with Crippen molar-refractivity contribution >= 4 is 40.3 Å². The Morgan fingerprint density at radius 1 is 1.19 bits per heavy atom. The summed E-state index contributed by atoms with van der Waals surface area (Å²) >= 11 is 6.14. The molecular weight excluding hydrogens is 372 g/mol. The minimum absolute atomic E-state index is 0.123. The van der Waals surface area contributed by atoms with Crippen LogP contribution >= 0.6 is 11.6 Å². The number of hydrogen-bond acceptors (Lipinski definition) is 5. The number of fused-ring (bicyclic) bond motifs is 1. The van der Waals surface area contributed by atoms with E-state index in [0.29, 0.717) is 27.2 Å². The van der Waals surface area contributed by atoms with Crippen molar-refractivity contribution in [3.8, 4) is 0 Å². The molecule has 0 unspecified atom stereocenters. The van der Waals surface area contributed by atoms with E-state index in [9.17, 15) is 14.4 Å². The van der Waals surface area contributed by atoms with Crippen molar-refractivity contribution in [1.29, 1.82) is 0 Å². The summed E-state index contributed by atoms with van der Waals surface area (Å²) in [5, 5.41) is 3.51.